The fraction of sp³-hybridized carbons (Fsp3) is 0.143. The van der Waals surface area contributed by atoms with Gasteiger partial charge in [-0.3, -0.25) is 0 Å². The van der Waals surface area contributed by atoms with Gasteiger partial charge in [0.05, 0.1) is 0 Å². The van der Waals surface area contributed by atoms with Crippen molar-refractivity contribution in [1.29, 1.82) is 0 Å². The molecule has 1 unspecified atom stereocenters. The third kappa shape index (κ3) is 3.25. The Kier molecular flexibility index (Phi) is 4.66. The lowest BCUT2D eigenvalue weighted by Gasteiger charge is -2.13. The molecule has 0 aliphatic carbocycles. The van der Waals surface area contributed by atoms with E-state index >= 15 is 0 Å². The molecule has 0 radical (unpaired) electrons. The first-order valence-corrected chi connectivity index (χ1v) is 7.07. The smallest absolute Gasteiger partial charge is 0.126 e. The molecule has 94 valence electrons. The summed E-state index contributed by atoms with van der Waals surface area (Å²) in [6.45, 7) is 0. The van der Waals surface area contributed by atoms with Gasteiger partial charge in [-0.25, -0.2) is 4.39 Å². The lowest BCUT2D eigenvalue weighted by Crippen LogP contribution is -1.98. The second-order valence-electron chi connectivity index (χ2n) is 3.93. The highest BCUT2D eigenvalue weighted by molar-refractivity contribution is 9.09. The van der Waals surface area contributed by atoms with Crippen LogP contribution in [0.2, 0.25) is 10.0 Å². The van der Waals surface area contributed by atoms with Gasteiger partial charge in [0.25, 0.3) is 0 Å². The van der Waals surface area contributed by atoms with Crippen LogP contribution in [0.25, 0.3) is 0 Å². The van der Waals surface area contributed by atoms with Crippen molar-refractivity contribution in [1.82, 2.24) is 0 Å². The molecule has 0 amide bonds. The molecule has 0 fully saturated rings. The Hall–Kier alpha value is -0.570. The van der Waals surface area contributed by atoms with E-state index in [-0.39, 0.29) is 10.6 Å². The standard InChI is InChI=1S/C14H10BrCl2F/c15-12(7-9-3-1-2-4-14(9)18)11-8-10(16)5-6-13(11)17/h1-6,8,12H,7H2. The monoisotopic (exact) mass is 346 g/mol. The molecule has 0 aromatic heterocycles. The highest BCUT2D eigenvalue weighted by Crippen LogP contribution is 2.34. The van der Waals surface area contributed by atoms with Gasteiger partial charge >= 0.3 is 0 Å². The Labute approximate surface area is 124 Å². The Morgan fingerprint density at radius 3 is 2.56 bits per heavy atom. The van der Waals surface area contributed by atoms with Crippen LogP contribution < -0.4 is 0 Å². The van der Waals surface area contributed by atoms with Crippen molar-refractivity contribution in [3.05, 3.63) is 69.5 Å². The van der Waals surface area contributed by atoms with E-state index in [9.17, 15) is 4.39 Å². The molecule has 2 rings (SSSR count). The Balaban J connectivity index is 2.25. The van der Waals surface area contributed by atoms with Crippen LogP contribution in [0.5, 0.6) is 0 Å². The number of alkyl halides is 1. The Bertz CT molecular complexity index is 557. The first-order chi connectivity index (χ1) is 8.58. The minimum Gasteiger partial charge on any atom is -0.207 e. The summed E-state index contributed by atoms with van der Waals surface area (Å²) in [5.41, 5.74) is 1.52. The summed E-state index contributed by atoms with van der Waals surface area (Å²) < 4.78 is 13.6. The summed E-state index contributed by atoms with van der Waals surface area (Å²) in [5.74, 6) is -0.208. The minimum atomic E-state index is -0.208. The number of hydrogen-bond acceptors (Lipinski definition) is 0. The van der Waals surface area contributed by atoms with Gasteiger partial charge in [-0.1, -0.05) is 57.3 Å². The fourth-order valence-electron chi connectivity index (χ4n) is 1.72. The molecular formula is C14H10BrCl2F. The second-order valence-corrected chi connectivity index (χ2v) is 5.88. The second kappa shape index (κ2) is 6.05. The minimum absolute atomic E-state index is 0.0689. The van der Waals surface area contributed by atoms with Crippen LogP contribution in [-0.2, 0) is 6.42 Å². The van der Waals surface area contributed by atoms with Crippen LogP contribution in [0.1, 0.15) is 16.0 Å². The maximum atomic E-state index is 13.6. The van der Waals surface area contributed by atoms with Gasteiger partial charge < -0.3 is 0 Å². The number of hydrogen-bond donors (Lipinski definition) is 0. The largest absolute Gasteiger partial charge is 0.207 e. The molecule has 0 saturated heterocycles. The van der Waals surface area contributed by atoms with Crippen molar-refractivity contribution in [3.63, 3.8) is 0 Å². The van der Waals surface area contributed by atoms with E-state index in [4.69, 9.17) is 23.2 Å². The molecule has 0 aliphatic heterocycles. The Morgan fingerprint density at radius 1 is 1.11 bits per heavy atom. The van der Waals surface area contributed by atoms with Gasteiger partial charge in [-0.05, 0) is 41.8 Å². The molecule has 2 aromatic rings. The van der Waals surface area contributed by atoms with Crippen LogP contribution in [0.15, 0.2) is 42.5 Å². The van der Waals surface area contributed by atoms with Gasteiger partial charge in [0.15, 0.2) is 0 Å². The van der Waals surface area contributed by atoms with E-state index in [0.717, 1.165) is 5.56 Å². The molecule has 1 atom stereocenters. The molecule has 2 aromatic carbocycles. The average Bonchev–Trinajstić information content (AvgIpc) is 2.35. The highest BCUT2D eigenvalue weighted by atomic mass is 79.9. The van der Waals surface area contributed by atoms with Crippen LogP contribution in [0, 0.1) is 5.82 Å². The SMILES string of the molecule is Fc1ccccc1CC(Br)c1cc(Cl)ccc1Cl. The topological polar surface area (TPSA) is 0 Å². The molecule has 18 heavy (non-hydrogen) atoms. The summed E-state index contributed by atoms with van der Waals surface area (Å²) in [6.07, 6.45) is 0.521. The fourth-order valence-corrected chi connectivity index (χ4v) is 3.01. The van der Waals surface area contributed by atoms with Crippen molar-refractivity contribution in [3.8, 4) is 0 Å². The van der Waals surface area contributed by atoms with E-state index < -0.39 is 0 Å². The third-order valence-corrected chi connectivity index (χ3v) is 4.05. The molecule has 4 heteroatoms. The van der Waals surface area contributed by atoms with Gasteiger partial charge in [-0.2, -0.15) is 0 Å². The zero-order valence-electron chi connectivity index (χ0n) is 9.34. The summed E-state index contributed by atoms with van der Waals surface area (Å²) in [6, 6.07) is 12.0. The third-order valence-electron chi connectivity index (χ3n) is 2.65. The van der Waals surface area contributed by atoms with Crippen molar-refractivity contribution >= 4 is 39.1 Å². The van der Waals surface area contributed by atoms with E-state index in [0.29, 0.717) is 22.0 Å². The van der Waals surface area contributed by atoms with Gasteiger partial charge in [0, 0.05) is 14.9 Å². The van der Waals surface area contributed by atoms with E-state index in [2.05, 4.69) is 15.9 Å². The van der Waals surface area contributed by atoms with E-state index in [1.54, 1.807) is 30.3 Å². The molecule has 0 nitrogen and oxygen atoms in total. The molecule has 0 bridgehead atoms. The maximum Gasteiger partial charge on any atom is 0.126 e. The predicted molar refractivity (Wildman–Crippen MR) is 78.2 cm³/mol. The van der Waals surface area contributed by atoms with Crippen molar-refractivity contribution in [2.45, 2.75) is 11.2 Å². The van der Waals surface area contributed by atoms with Crippen LogP contribution >= 0.6 is 39.1 Å². The summed E-state index contributed by atoms with van der Waals surface area (Å²) >= 11 is 15.6. The first-order valence-electron chi connectivity index (χ1n) is 5.40. The lowest BCUT2D eigenvalue weighted by molar-refractivity contribution is 0.608. The van der Waals surface area contributed by atoms with Crippen molar-refractivity contribution in [2.75, 3.05) is 0 Å². The van der Waals surface area contributed by atoms with E-state index in [1.165, 1.54) is 6.07 Å². The highest BCUT2D eigenvalue weighted by Gasteiger charge is 2.14. The number of halogens is 4. The van der Waals surface area contributed by atoms with Crippen LogP contribution in [0.4, 0.5) is 4.39 Å². The molecule has 0 spiro atoms. The normalized spacial score (nSPS) is 12.4. The molecular weight excluding hydrogens is 338 g/mol. The summed E-state index contributed by atoms with van der Waals surface area (Å²) in [5, 5.41) is 1.24. The summed E-state index contributed by atoms with van der Waals surface area (Å²) in [7, 11) is 0. The number of benzene rings is 2. The van der Waals surface area contributed by atoms with Gasteiger partial charge in [0.1, 0.15) is 5.82 Å². The molecule has 0 saturated carbocycles. The Morgan fingerprint density at radius 2 is 1.83 bits per heavy atom. The average molecular weight is 348 g/mol. The quantitative estimate of drug-likeness (QED) is 0.614. The molecule has 0 N–H and O–H groups in total. The zero-order valence-corrected chi connectivity index (χ0v) is 12.4. The molecule has 0 heterocycles. The molecule has 0 aliphatic rings. The first kappa shape index (κ1) is 13.9. The van der Waals surface area contributed by atoms with Gasteiger partial charge in [-0.15, -0.1) is 0 Å². The maximum absolute atomic E-state index is 13.6. The summed E-state index contributed by atoms with van der Waals surface area (Å²) in [4.78, 5) is -0.0689. The van der Waals surface area contributed by atoms with Crippen molar-refractivity contribution in [2.24, 2.45) is 0 Å². The van der Waals surface area contributed by atoms with E-state index in [1.807, 2.05) is 6.07 Å². The van der Waals surface area contributed by atoms with Crippen LogP contribution in [-0.4, -0.2) is 0 Å². The van der Waals surface area contributed by atoms with Crippen molar-refractivity contribution < 1.29 is 4.39 Å². The predicted octanol–water partition coefficient (Wildman–Crippen LogP) is 5.81. The number of rotatable bonds is 3. The van der Waals surface area contributed by atoms with Crippen LogP contribution in [0.3, 0.4) is 0 Å². The lowest BCUT2D eigenvalue weighted by atomic mass is 10.0. The van der Waals surface area contributed by atoms with Gasteiger partial charge in [0.2, 0.25) is 0 Å². The zero-order chi connectivity index (χ0) is 13.1.